The number of hydrogen-bond acceptors (Lipinski definition) is 4. The van der Waals surface area contributed by atoms with Crippen LogP contribution in [0, 0.1) is 6.07 Å². The van der Waals surface area contributed by atoms with Crippen molar-refractivity contribution in [1.29, 1.82) is 0 Å². The van der Waals surface area contributed by atoms with Crippen LogP contribution < -0.4 is 0 Å². The van der Waals surface area contributed by atoms with E-state index in [0.717, 1.165) is 23.4 Å². The Morgan fingerprint density at radius 1 is 0.625 bits per heavy atom. The zero-order chi connectivity index (χ0) is 40.0. The first kappa shape index (κ1) is 46.2. The maximum Gasteiger partial charge on any atom is 0.155 e. The Hall–Kier alpha value is -4.18. The van der Waals surface area contributed by atoms with Crippen LogP contribution in [0.2, 0.25) is 0 Å². The van der Waals surface area contributed by atoms with Crippen LogP contribution in [0.15, 0.2) is 109 Å². The first-order valence-electron chi connectivity index (χ1n) is 20.2. The predicted molar refractivity (Wildman–Crippen MR) is 233 cm³/mol. The number of nitrogens with zero attached hydrogens (tertiary/aromatic N) is 2. The summed E-state index contributed by atoms with van der Waals surface area (Å²) in [6.07, 6.45) is 16.8. The van der Waals surface area contributed by atoms with Gasteiger partial charge in [-0.05, 0) is 100 Å². The van der Waals surface area contributed by atoms with Crippen molar-refractivity contribution in [3.05, 3.63) is 132 Å². The van der Waals surface area contributed by atoms with Crippen molar-refractivity contribution in [2.75, 3.05) is 0 Å². The normalized spacial score (nSPS) is 11.7. The molecule has 0 atom stereocenters. The second-order valence-electron chi connectivity index (χ2n) is 17.0. The van der Waals surface area contributed by atoms with Gasteiger partial charge in [-0.15, -0.1) is 35.4 Å². The largest absolute Gasteiger partial charge is 0.512 e. The van der Waals surface area contributed by atoms with Gasteiger partial charge in [-0.2, -0.15) is 0 Å². The Balaban J connectivity index is 0.000000960. The quantitative estimate of drug-likeness (QED) is 0.0522. The second kappa shape index (κ2) is 21.9. The average Bonchev–Trinajstić information content (AvgIpc) is 3.15. The standard InChI is InChI=1S/C46H55N2.C5H8O2.Ir/c1-8-9-10-11-12-13-14-15-17-34-32-47-44(48-33-34)38-19-16-18-37(28-38)41-30-39(35-20-24-42(25-21-35)45(2,3)4)29-40(31-41)36-22-26-43(27-23-36)46(5,6)7;1-4(6)3-5(2)7;/h16,18,20-33H,8-15,17H2,1-7H3;3,6H,1-2H3;/q-1;;. The van der Waals surface area contributed by atoms with E-state index >= 15 is 0 Å². The number of unbranched alkanes of at least 4 members (excludes halogenated alkanes) is 7. The minimum atomic E-state index is -0.125. The molecule has 0 bridgehead atoms. The van der Waals surface area contributed by atoms with Crippen molar-refractivity contribution in [2.45, 2.75) is 131 Å². The zero-order valence-electron chi connectivity index (χ0n) is 35.3. The Morgan fingerprint density at radius 2 is 1.07 bits per heavy atom. The van der Waals surface area contributed by atoms with Gasteiger partial charge in [0, 0.05) is 38.6 Å². The van der Waals surface area contributed by atoms with Crippen LogP contribution in [0.3, 0.4) is 0 Å². The second-order valence-corrected chi connectivity index (χ2v) is 17.0. The number of rotatable bonds is 14. The Morgan fingerprint density at radius 3 is 1.48 bits per heavy atom. The summed E-state index contributed by atoms with van der Waals surface area (Å²) in [5, 5.41) is 8.36. The third-order valence-corrected chi connectivity index (χ3v) is 9.91. The van der Waals surface area contributed by atoms with Crippen LogP contribution in [-0.2, 0) is 42.2 Å². The van der Waals surface area contributed by atoms with E-state index in [-0.39, 0.29) is 42.5 Å². The van der Waals surface area contributed by atoms with E-state index < -0.39 is 0 Å². The fourth-order valence-corrected chi connectivity index (χ4v) is 6.61. The van der Waals surface area contributed by atoms with Crippen molar-refractivity contribution in [3.63, 3.8) is 0 Å². The first-order chi connectivity index (χ1) is 26.1. The summed E-state index contributed by atoms with van der Waals surface area (Å²) in [6.45, 7) is 18.7. The fourth-order valence-electron chi connectivity index (χ4n) is 6.61. The molecular formula is C51H63IrN2O2-. The molecule has 0 saturated carbocycles. The van der Waals surface area contributed by atoms with Gasteiger partial charge < -0.3 is 5.11 Å². The third kappa shape index (κ3) is 14.7. The minimum Gasteiger partial charge on any atom is -0.512 e. The summed E-state index contributed by atoms with van der Waals surface area (Å²) >= 11 is 0. The number of carbonyl (C=O) groups excluding carboxylic acids is 1. The van der Waals surface area contributed by atoms with E-state index in [4.69, 9.17) is 15.1 Å². The summed E-state index contributed by atoms with van der Waals surface area (Å²) < 4.78 is 0. The summed E-state index contributed by atoms with van der Waals surface area (Å²) in [5.74, 6) is 0.663. The van der Waals surface area contributed by atoms with E-state index in [0.29, 0.717) is 0 Å². The van der Waals surface area contributed by atoms with Crippen LogP contribution in [-0.4, -0.2) is 20.9 Å². The molecule has 1 heterocycles. The number of hydrogen-bond donors (Lipinski definition) is 1. The van der Waals surface area contributed by atoms with Gasteiger partial charge in [0.05, 0.1) is 11.6 Å². The number of carbonyl (C=O) groups is 1. The molecule has 0 aliphatic rings. The molecule has 0 aliphatic heterocycles. The Kier molecular flexibility index (Phi) is 18.1. The van der Waals surface area contributed by atoms with Crippen molar-refractivity contribution < 1.29 is 30.0 Å². The molecule has 56 heavy (non-hydrogen) atoms. The van der Waals surface area contributed by atoms with Gasteiger partial charge in [0.2, 0.25) is 0 Å². The van der Waals surface area contributed by atoms with Crippen LogP contribution in [0.4, 0.5) is 0 Å². The number of allylic oxidation sites excluding steroid dienone is 2. The molecule has 0 saturated heterocycles. The van der Waals surface area contributed by atoms with E-state index in [2.05, 4.69) is 133 Å². The van der Waals surface area contributed by atoms with Gasteiger partial charge in [0.25, 0.3) is 0 Å². The molecule has 5 rings (SSSR count). The molecule has 0 fully saturated rings. The molecule has 1 radical (unpaired) electrons. The number of aliphatic hydroxyl groups excluding tert-OH is 1. The fraction of sp³-hybridized carbons (Fsp3) is 0.392. The number of aliphatic hydroxyl groups is 1. The molecule has 4 aromatic carbocycles. The minimum absolute atomic E-state index is 0. The van der Waals surface area contributed by atoms with Gasteiger partial charge in [-0.3, -0.25) is 14.8 Å². The van der Waals surface area contributed by atoms with Gasteiger partial charge in [0.1, 0.15) is 0 Å². The molecule has 0 aliphatic carbocycles. The molecule has 4 nitrogen and oxygen atoms in total. The van der Waals surface area contributed by atoms with Crippen LogP contribution in [0.25, 0.3) is 44.8 Å². The molecule has 5 heteroatoms. The number of aromatic nitrogens is 2. The van der Waals surface area contributed by atoms with Crippen LogP contribution in [0.5, 0.6) is 0 Å². The van der Waals surface area contributed by atoms with Crippen molar-refractivity contribution in [2.24, 2.45) is 0 Å². The summed E-state index contributed by atoms with van der Waals surface area (Å²) in [7, 11) is 0. The predicted octanol–water partition coefficient (Wildman–Crippen LogP) is 14.3. The van der Waals surface area contributed by atoms with E-state index in [1.54, 1.807) is 0 Å². The van der Waals surface area contributed by atoms with Crippen LogP contribution >= 0.6 is 0 Å². The van der Waals surface area contributed by atoms with Crippen molar-refractivity contribution in [1.82, 2.24) is 9.97 Å². The molecule has 5 aromatic rings. The summed E-state index contributed by atoms with van der Waals surface area (Å²) in [6, 6.07) is 34.8. The number of benzene rings is 4. The summed E-state index contributed by atoms with van der Waals surface area (Å²) in [4.78, 5) is 19.6. The molecule has 1 aromatic heterocycles. The average molecular weight is 928 g/mol. The topological polar surface area (TPSA) is 63.1 Å². The number of ketones is 1. The van der Waals surface area contributed by atoms with Gasteiger partial charge in [-0.1, -0.05) is 142 Å². The van der Waals surface area contributed by atoms with E-state index in [9.17, 15) is 4.79 Å². The maximum absolute atomic E-state index is 10.0. The monoisotopic (exact) mass is 928 g/mol. The van der Waals surface area contributed by atoms with Crippen molar-refractivity contribution >= 4 is 5.78 Å². The van der Waals surface area contributed by atoms with Gasteiger partial charge in [-0.25, -0.2) is 0 Å². The molecule has 0 unspecified atom stereocenters. The van der Waals surface area contributed by atoms with Crippen LogP contribution in [0.1, 0.15) is 130 Å². The zero-order valence-corrected chi connectivity index (χ0v) is 37.7. The Labute approximate surface area is 351 Å². The number of aryl methyl sites for hydroxylation is 1. The SMILES string of the molecule is CC(=O)C=C(C)O.CCCCCCCCCCc1cnc(-c2[c-]ccc(-c3cc(-c4ccc(C(C)(C)C)cc4)cc(-c4ccc(C(C)(C)C)cc4)c3)c2)nc1.[Ir]. The molecule has 0 spiro atoms. The van der Waals surface area contributed by atoms with E-state index in [1.165, 1.54) is 116 Å². The summed E-state index contributed by atoms with van der Waals surface area (Å²) in [5.41, 5.74) is 12.2. The first-order valence-corrected chi connectivity index (χ1v) is 20.2. The third-order valence-electron chi connectivity index (χ3n) is 9.91. The smallest absolute Gasteiger partial charge is 0.155 e. The van der Waals surface area contributed by atoms with Crippen molar-refractivity contribution in [3.8, 4) is 44.8 Å². The molecule has 1 N–H and O–H groups in total. The molecule has 299 valence electrons. The van der Waals surface area contributed by atoms with E-state index in [1.807, 2.05) is 18.5 Å². The molecular weight excluding hydrogens is 865 g/mol. The van der Waals surface area contributed by atoms with Gasteiger partial charge >= 0.3 is 0 Å². The van der Waals surface area contributed by atoms with Gasteiger partial charge in [0.15, 0.2) is 5.78 Å². The maximum atomic E-state index is 10.0. The Bertz CT molecular complexity index is 1900. The molecule has 0 amide bonds.